The van der Waals surface area contributed by atoms with Gasteiger partial charge in [0.1, 0.15) is 6.04 Å². The number of alkyl halides is 3. The topological polar surface area (TPSA) is 83.8 Å². The van der Waals surface area contributed by atoms with E-state index < -0.39 is 29.7 Å². The van der Waals surface area contributed by atoms with Crippen LogP contribution in [-0.4, -0.2) is 42.4 Å². The maximum Gasteiger partial charge on any atom is 0.416 e. The molecule has 2 aromatic rings. The summed E-state index contributed by atoms with van der Waals surface area (Å²) in [5.74, 6) is -1.62. The molecule has 2 aliphatic heterocycles. The van der Waals surface area contributed by atoms with Gasteiger partial charge in [-0.1, -0.05) is 12.1 Å². The van der Waals surface area contributed by atoms with E-state index in [0.717, 1.165) is 17.1 Å². The number of rotatable bonds is 5. The second kappa shape index (κ2) is 8.93. The summed E-state index contributed by atoms with van der Waals surface area (Å²) >= 11 is 1.33. The highest BCUT2D eigenvalue weighted by Crippen LogP contribution is 2.42. The summed E-state index contributed by atoms with van der Waals surface area (Å²) < 4.78 is 50.2. The molecule has 8 nitrogen and oxygen atoms in total. The van der Waals surface area contributed by atoms with E-state index in [2.05, 4.69) is 10.1 Å². The van der Waals surface area contributed by atoms with Crippen LogP contribution in [0.5, 0.6) is 0 Å². The van der Waals surface area contributed by atoms with Crippen molar-refractivity contribution in [2.24, 2.45) is 10.1 Å². The molecule has 1 aromatic heterocycles. The molecule has 2 aliphatic rings. The molecule has 0 saturated carbocycles. The van der Waals surface area contributed by atoms with E-state index >= 15 is 0 Å². The smallest absolute Gasteiger partial charge is 0.416 e. The lowest BCUT2D eigenvalue weighted by atomic mass is 10.00. The van der Waals surface area contributed by atoms with Crippen LogP contribution >= 0.6 is 11.3 Å². The third-order valence-electron chi connectivity index (χ3n) is 5.11. The fourth-order valence-electron chi connectivity index (χ4n) is 3.67. The summed E-state index contributed by atoms with van der Waals surface area (Å²) in [4.78, 5) is 32.1. The molecule has 0 amide bonds. The number of hydrogen-bond acceptors (Lipinski definition) is 9. The van der Waals surface area contributed by atoms with E-state index in [1.165, 1.54) is 35.5 Å². The van der Waals surface area contributed by atoms with Gasteiger partial charge in [0, 0.05) is 4.88 Å². The first-order valence-electron chi connectivity index (χ1n) is 10.1. The number of amidine groups is 1. The van der Waals surface area contributed by atoms with Gasteiger partial charge in [0.15, 0.2) is 0 Å². The number of carbonyl (C=O) groups is 2. The maximum absolute atomic E-state index is 13.4. The van der Waals surface area contributed by atoms with Crippen LogP contribution in [-0.2, 0) is 25.2 Å². The number of anilines is 1. The lowest BCUT2D eigenvalue weighted by Crippen LogP contribution is -2.47. The Kier molecular flexibility index (Phi) is 6.17. The van der Waals surface area contributed by atoms with E-state index in [4.69, 9.17) is 9.47 Å². The van der Waals surface area contributed by atoms with Crippen LogP contribution in [0.15, 0.2) is 63.1 Å². The minimum atomic E-state index is -4.58. The first-order chi connectivity index (χ1) is 16.2. The molecule has 4 rings (SSSR count). The Morgan fingerprint density at radius 1 is 1.18 bits per heavy atom. The molecule has 1 aromatic carbocycles. The summed E-state index contributed by atoms with van der Waals surface area (Å²) in [5.41, 5.74) is -0.382. The fourth-order valence-corrected chi connectivity index (χ4v) is 4.49. The summed E-state index contributed by atoms with van der Waals surface area (Å²) in [5, 5.41) is 7.22. The van der Waals surface area contributed by atoms with Gasteiger partial charge in [-0.05, 0) is 43.5 Å². The molecular weight excluding hydrogens is 473 g/mol. The van der Waals surface area contributed by atoms with Gasteiger partial charge >= 0.3 is 18.1 Å². The first kappa shape index (κ1) is 23.5. The first-order valence-corrected chi connectivity index (χ1v) is 11.0. The highest BCUT2D eigenvalue weighted by Gasteiger charge is 2.48. The Labute approximate surface area is 196 Å². The highest BCUT2D eigenvalue weighted by molar-refractivity contribution is 7.10. The molecule has 0 aliphatic carbocycles. The standard InChI is InChI=1S/C22H19F3N4O4S/c1-4-33-20(31)18-27-29(14-8-5-7-13(11-14)22(23,24)25)21-26-12(2)16(19(30)32-3)17(28(18)21)15-9-6-10-34-15/h5-11,17H,4H2,1-3H3. The van der Waals surface area contributed by atoms with Gasteiger partial charge in [0.25, 0.3) is 0 Å². The number of halogens is 3. The molecule has 0 spiro atoms. The number of allylic oxidation sites excluding steroid dienone is 1. The van der Waals surface area contributed by atoms with Crippen LogP contribution in [0.4, 0.5) is 18.9 Å². The monoisotopic (exact) mass is 492 g/mol. The number of hydrazone groups is 1. The largest absolute Gasteiger partial charge is 0.466 e. The predicted octanol–water partition coefficient (Wildman–Crippen LogP) is 4.32. The van der Waals surface area contributed by atoms with E-state index in [1.807, 2.05) is 0 Å². The molecule has 1 atom stereocenters. The van der Waals surface area contributed by atoms with Crippen LogP contribution in [0.3, 0.4) is 0 Å². The van der Waals surface area contributed by atoms with E-state index in [9.17, 15) is 22.8 Å². The zero-order valence-corrected chi connectivity index (χ0v) is 19.1. The Morgan fingerprint density at radius 2 is 1.94 bits per heavy atom. The lowest BCUT2D eigenvalue weighted by Gasteiger charge is -2.34. The van der Waals surface area contributed by atoms with Crippen molar-refractivity contribution < 1.29 is 32.2 Å². The number of nitrogens with zero attached hydrogens (tertiary/aromatic N) is 4. The predicted molar refractivity (Wildman–Crippen MR) is 119 cm³/mol. The van der Waals surface area contributed by atoms with Crippen molar-refractivity contribution in [3.63, 3.8) is 0 Å². The number of hydrogen-bond donors (Lipinski definition) is 0. The quantitative estimate of drug-likeness (QED) is 0.578. The molecule has 0 bridgehead atoms. The summed E-state index contributed by atoms with van der Waals surface area (Å²) in [6, 6.07) is 7.20. The van der Waals surface area contributed by atoms with Gasteiger partial charge in [-0.2, -0.15) is 18.2 Å². The Morgan fingerprint density at radius 3 is 2.56 bits per heavy atom. The third-order valence-corrected chi connectivity index (χ3v) is 6.04. The van der Waals surface area contributed by atoms with Crippen molar-refractivity contribution in [2.45, 2.75) is 26.1 Å². The second-order valence-corrected chi connectivity index (χ2v) is 8.17. The van der Waals surface area contributed by atoms with Crippen molar-refractivity contribution in [1.82, 2.24) is 4.90 Å². The number of benzene rings is 1. The van der Waals surface area contributed by atoms with Gasteiger partial charge < -0.3 is 9.47 Å². The molecule has 0 saturated heterocycles. The highest BCUT2D eigenvalue weighted by atomic mass is 32.1. The maximum atomic E-state index is 13.4. The minimum Gasteiger partial charge on any atom is -0.466 e. The van der Waals surface area contributed by atoms with Gasteiger partial charge in [-0.15, -0.1) is 16.4 Å². The van der Waals surface area contributed by atoms with E-state index in [1.54, 1.807) is 31.4 Å². The number of guanidine groups is 1. The molecule has 178 valence electrons. The number of thiophene rings is 1. The SMILES string of the molecule is CCOC(=O)C1=NN(c2cccc(C(F)(F)F)c2)C2=NC(C)=C(C(=O)OC)C(c3cccs3)N12. The van der Waals surface area contributed by atoms with Gasteiger partial charge in [-0.3, -0.25) is 4.90 Å². The second-order valence-electron chi connectivity index (χ2n) is 7.19. The summed E-state index contributed by atoms with van der Waals surface area (Å²) in [6.45, 7) is 3.25. The van der Waals surface area contributed by atoms with Crippen molar-refractivity contribution in [2.75, 3.05) is 18.7 Å². The summed E-state index contributed by atoms with van der Waals surface area (Å²) in [7, 11) is 1.23. The van der Waals surface area contributed by atoms with Crippen LogP contribution in [0.25, 0.3) is 0 Å². The van der Waals surface area contributed by atoms with Gasteiger partial charge in [0.05, 0.1) is 36.2 Å². The molecule has 12 heteroatoms. The Balaban J connectivity index is 1.93. The molecule has 0 fully saturated rings. The fraction of sp³-hybridized carbons (Fsp3) is 0.273. The Hall–Kier alpha value is -3.67. The van der Waals surface area contributed by atoms with Gasteiger partial charge in [-0.25, -0.2) is 14.6 Å². The van der Waals surface area contributed by atoms with Crippen molar-refractivity contribution in [1.29, 1.82) is 0 Å². The van der Waals surface area contributed by atoms with Crippen LogP contribution in [0.1, 0.15) is 30.3 Å². The summed E-state index contributed by atoms with van der Waals surface area (Å²) in [6.07, 6.45) is -4.58. The van der Waals surface area contributed by atoms with E-state index in [0.29, 0.717) is 4.88 Å². The number of ether oxygens (including phenoxy) is 2. The molecule has 0 N–H and O–H groups in total. The van der Waals surface area contributed by atoms with Crippen LogP contribution in [0, 0.1) is 0 Å². The molecule has 3 heterocycles. The lowest BCUT2D eigenvalue weighted by molar-refractivity contribution is -0.138. The third kappa shape index (κ3) is 4.04. The molecule has 34 heavy (non-hydrogen) atoms. The zero-order chi connectivity index (χ0) is 24.6. The van der Waals surface area contributed by atoms with Crippen molar-refractivity contribution in [3.05, 3.63) is 63.5 Å². The van der Waals surface area contributed by atoms with Crippen LogP contribution in [0.2, 0.25) is 0 Å². The van der Waals surface area contributed by atoms with E-state index in [-0.39, 0.29) is 35.4 Å². The normalized spacial score (nSPS) is 17.9. The number of carbonyl (C=O) groups excluding carboxylic acids is 2. The van der Waals surface area contributed by atoms with Crippen LogP contribution < -0.4 is 5.01 Å². The molecule has 0 radical (unpaired) electrons. The minimum absolute atomic E-state index is 0.0390. The molecular formula is C22H19F3N4O4S. The number of fused-ring (bicyclic) bond motifs is 1. The zero-order valence-electron chi connectivity index (χ0n) is 18.3. The van der Waals surface area contributed by atoms with Crippen molar-refractivity contribution >= 4 is 40.8 Å². The van der Waals surface area contributed by atoms with Gasteiger partial charge in [0.2, 0.25) is 11.8 Å². The average molecular weight is 492 g/mol. The number of methoxy groups -OCH3 is 1. The Bertz CT molecular complexity index is 1220. The number of esters is 2. The number of aliphatic imine (C=N–C) groups is 1. The van der Waals surface area contributed by atoms with Crippen molar-refractivity contribution in [3.8, 4) is 0 Å². The molecule has 1 unspecified atom stereocenters. The average Bonchev–Trinajstić information content (AvgIpc) is 3.46.